The van der Waals surface area contributed by atoms with Crippen LogP contribution in [0.2, 0.25) is 0 Å². The Kier molecular flexibility index (Phi) is 12.7. The summed E-state index contributed by atoms with van der Waals surface area (Å²) in [4.78, 5) is 20.1. The Morgan fingerprint density at radius 2 is 0.750 bits per heavy atom. The van der Waals surface area contributed by atoms with Crippen LogP contribution in [0.3, 0.4) is 0 Å². The van der Waals surface area contributed by atoms with Gasteiger partial charge < -0.3 is 9.80 Å². The molecule has 0 amide bonds. The molecule has 6 aromatic rings. The number of anilines is 4. The number of rotatable bonds is 8. The number of benzene rings is 6. The molecule has 6 aromatic carbocycles. The van der Waals surface area contributed by atoms with Gasteiger partial charge in [-0.25, -0.2) is 9.98 Å². The minimum atomic E-state index is 0.730. The number of amidine groups is 2. The molecule has 6 nitrogen and oxygen atoms in total. The third-order valence-electron chi connectivity index (χ3n) is 9.26. The number of aliphatic imine (C=N–C) groups is 2. The van der Waals surface area contributed by atoms with E-state index < -0.39 is 0 Å². The van der Waals surface area contributed by atoms with Crippen LogP contribution >= 0.6 is 23.5 Å². The summed E-state index contributed by atoms with van der Waals surface area (Å²) in [5.41, 5.74) is 8.11. The van der Waals surface area contributed by atoms with Gasteiger partial charge in [-0.1, -0.05) is 144 Å². The molecule has 0 fully saturated rings. The highest BCUT2D eigenvalue weighted by Crippen LogP contribution is 2.39. The van der Waals surface area contributed by atoms with Gasteiger partial charge in [0.2, 0.25) is 0 Å². The zero-order valence-electron chi connectivity index (χ0n) is 32.2. The highest BCUT2D eigenvalue weighted by atomic mass is 32.2. The Bertz CT molecular complexity index is 2130. The molecule has 0 radical (unpaired) electrons. The highest BCUT2D eigenvalue weighted by molar-refractivity contribution is 8.14. The van der Waals surface area contributed by atoms with Gasteiger partial charge in [-0.15, -0.1) is 0 Å². The van der Waals surface area contributed by atoms with E-state index >= 15 is 0 Å². The van der Waals surface area contributed by atoms with Crippen LogP contribution in [0.4, 0.5) is 34.1 Å². The van der Waals surface area contributed by atoms with Gasteiger partial charge in [0.05, 0.1) is 11.4 Å². The lowest BCUT2D eigenvalue weighted by Crippen LogP contribution is -2.46. The van der Waals surface area contributed by atoms with Crippen LogP contribution in [-0.4, -0.2) is 35.9 Å². The van der Waals surface area contributed by atoms with Crippen molar-refractivity contribution in [1.29, 1.82) is 0 Å². The summed E-state index contributed by atoms with van der Waals surface area (Å²) in [5, 5.41) is 1.67. The first-order chi connectivity index (χ1) is 27.5. The van der Waals surface area contributed by atoms with Crippen molar-refractivity contribution in [3.8, 4) is 0 Å². The van der Waals surface area contributed by atoms with E-state index in [0.717, 1.165) is 67.6 Å². The van der Waals surface area contributed by atoms with Gasteiger partial charge in [0.15, 0.2) is 22.0 Å². The third kappa shape index (κ3) is 9.28. The van der Waals surface area contributed by atoms with Crippen molar-refractivity contribution in [3.63, 3.8) is 0 Å². The monoisotopic (exact) mass is 770 g/mol. The van der Waals surface area contributed by atoms with E-state index in [1.165, 1.54) is 11.1 Å². The second-order valence-corrected chi connectivity index (χ2v) is 15.3. The first-order valence-corrected chi connectivity index (χ1v) is 20.7. The molecule has 7 rings (SSSR count). The SMILES string of the molecule is Cc1ccc(N2C(=Nc3ccccc3)SCC=CCSC(=Nc3ccccc3)N(c3ccc(C)cc3)C(N(C)c3ccccc3)=C2N(C)c2ccccc2)cc1. The largest absolute Gasteiger partial charge is 0.327 e. The summed E-state index contributed by atoms with van der Waals surface area (Å²) in [6.45, 7) is 4.26. The molecule has 0 aliphatic carbocycles. The molecule has 0 atom stereocenters. The van der Waals surface area contributed by atoms with Crippen molar-refractivity contribution < 1.29 is 0 Å². The summed E-state index contributed by atoms with van der Waals surface area (Å²) in [7, 11) is 4.30. The fourth-order valence-corrected chi connectivity index (χ4v) is 8.03. The molecule has 1 heterocycles. The lowest BCUT2D eigenvalue weighted by Gasteiger charge is -2.42. The second kappa shape index (κ2) is 18.6. The zero-order valence-corrected chi connectivity index (χ0v) is 33.9. The molecule has 0 aromatic heterocycles. The zero-order chi connectivity index (χ0) is 38.7. The maximum atomic E-state index is 5.45. The first-order valence-electron chi connectivity index (χ1n) is 18.7. The van der Waals surface area contributed by atoms with Gasteiger partial charge in [-0.3, -0.25) is 9.80 Å². The minimum absolute atomic E-state index is 0.730. The molecule has 0 bridgehead atoms. The Balaban J connectivity index is 1.67. The maximum absolute atomic E-state index is 5.45. The Labute approximate surface area is 340 Å². The third-order valence-corrected chi connectivity index (χ3v) is 11.0. The van der Waals surface area contributed by atoms with Crippen molar-refractivity contribution in [2.45, 2.75) is 13.8 Å². The predicted octanol–water partition coefficient (Wildman–Crippen LogP) is 12.4. The second-order valence-electron chi connectivity index (χ2n) is 13.3. The quantitative estimate of drug-likeness (QED) is 0.144. The van der Waals surface area contributed by atoms with Crippen LogP contribution in [0.1, 0.15) is 11.1 Å². The predicted molar refractivity (Wildman–Crippen MR) is 245 cm³/mol. The van der Waals surface area contributed by atoms with Crippen molar-refractivity contribution in [2.24, 2.45) is 9.98 Å². The summed E-state index contributed by atoms with van der Waals surface area (Å²) < 4.78 is 0. The van der Waals surface area contributed by atoms with E-state index in [0.29, 0.717) is 0 Å². The fraction of sp³-hybridized carbons (Fsp3) is 0.125. The summed E-state index contributed by atoms with van der Waals surface area (Å²) >= 11 is 3.44. The van der Waals surface area contributed by atoms with Gasteiger partial charge in [0.25, 0.3) is 0 Å². The first kappa shape index (κ1) is 38.3. The Morgan fingerprint density at radius 1 is 0.429 bits per heavy atom. The van der Waals surface area contributed by atoms with Gasteiger partial charge in [-0.05, 0) is 86.6 Å². The maximum Gasteiger partial charge on any atom is 0.175 e. The van der Waals surface area contributed by atoms with Crippen molar-refractivity contribution in [2.75, 3.05) is 45.2 Å². The lowest BCUT2D eigenvalue weighted by atomic mass is 10.2. The van der Waals surface area contributed by atoms with Crippen LogP contribution in [0, 0.1) is 13.8 Å². The fourth-order valence-electron chi connectivity index (χ4n) is 6.28. The van der Waals surface area contributed by atoms with Crippen LogP contribution in [0.5, 0.6) is 0 Å². The van der Waals surface area contributed by atoms with Crippen LogP contribution in [0.25, 0.3) is 0 Å². The van der Waals surface area contributed by atoms with Crippen LogP contribution < -0.4 is 19.6 Å². The lowest BCUT2D eigenvalue weighted by molar-refractivity contribution is 0.924. The van der Waals surface area contributed by atoms with Crippen molar-refractivity contribution in [3.05, 3.63) is 205 Å². The van der Waals surface area contributed by atoms with Crippen molar-refractivity contribution >= 4 is 68.0 Å². The molecular formula is C48H46N6S2. The van der Waals surface area contributed by atoms with E-state index in [1.54, 1.807) is 23.5 Å². The average Bonchev–Trinajstić information content (AvgIpc) is 3.24. The Morgan fingerprint density at radius 3 is 1.09 bits per heavy atom. The molecule has 280 valence electrons. The molecule has 0 spiro atoms. The van der Waals surface area contributed by atoms with E-state index in [9.17, 15) is 0 Å². The van der Waals surface area contributed by atoms with Gasteiger partial charge in [-0.2, -0.15) is 0 Å². The summed E-state index contributed by atoms with van der Waals surface area (Å²) in [6, 6.07) is 59.1. The molecular weight excluding hydrogens is 725 g/mol. The van der Waals surface area contributed by atoms with Gasteiger partial charge in [0, 0.05) is 48.4 Å². The molecule has 0 unspecified atom stereocenters. The number of para-hydroxylation sites is 4. The number of hydrogen-bond acceptors (Lipinski definition) is 6. The van der Waals surface area contributed by atoms with Gasteiger partial charge >= 0.3 is 0 Å². The summed E-state index contributed by atoms with van der Waals surface area (Å²) in [5.74, 6) is 3.24. The number of nitrogens with zero attached hydrogens (tertiary/aromatic N) is 6. The van der Waals surface area contributed by atoms with Gasteiger partial charge in [0.1, 0.15) is 0 Å². The highest BCUT2D eigenvalue weighted by Gasteiger charge is 2.34. The Hall–Kier alpha value is -5.96. The normalized spacial score (nSPS) is 15.4. The minimum Gasteiger partial charge on any atom is -0.327 e. The molecule has 0 saturated heterocycles. The number of thioether (sulfide) groups is 2. The molecule has 0 saturated carbocycles. The van der Waals surface area contributed by atoms with E-state index in [4.69, 9.17) is 9.98 Å². The topological polar surface area (TPSA) is 37.7 Å². The molecule has 1 aliphatic rings. The van der Waals surface area contributed by atoms with E-state index in [2.05, 4.69) is 193 Å². The molecule has 0 N–H and O–H groups in total. The average molecular weight is 771 g/mol. The number of hydrogen-bond donors (Lipinski definition) is 0. The summed E-state index contributed by atoms with van der Waals surface area (Å²) in [6.07, 6.45) is 4.48. The standard InChI is InChI=1S/C48H46N6S2/c1-37-27-31-43(32-28-37)53-45(51(3)41-23-13-7-14-24-41)46(52(4)42-25-15-8-16-26-42)54(44-33-29-38(2)30-34-44)48(50-40-21-11-6-12-22-40)56-36-18-17-35-55-47(53)49-39-19-9-5-10-20-39/h5-34H,35-36H2,1-4H3. The van der Waals surface area contributed by atoms with Crippen LogP contribution in [0.15, 0.2) is 204 Å². The number of aryl methyl sites for hydroxylation is 2. The molecule has 1 aliphatic heterocycles. The molecule has 8 heteroatoms. The smallest absolute Gasteiger partial charge is 0.175 e. The van der Waals surface area contributed by atoms with Crippen molar-refractivity contribution in [1.82, 2.24) is 0 Å². The van der Waals surface area contributed by atoms with Crippen LogP contribution in [-0.2, 0) is 0 Å². The van der Waals surface area contributed by atoms with E-state index in [-0.39, 0.29) is 0 Å². The molecule has 56 heavy (non-hydrogen) atoms. The van der Waals surface area contributed by atoms with E-state index in [1.807, 2.05) is 36.4 Å².